The van der Waals surface area contributed by atoms with Gasteiger partial charge in [-0.1, -0.05) is 20.8 Å². The molecule has 2 fully saturated rings. The van der Waals surface area contributed by atoms with Gasteiger partial charge in [0.1, 0.15) is 0 Å². The lowest BCUT2D eigenvalue weighted by Gasteiger charge is -2.46. The van der Waals surface area contributed by atoms with E-state index in [0.717, 1.165) is 25.8 Å². The van der Waals surface area contributed by atoms with Crippen molar-refractivity contribution in [3.8, 4) is 0 Å². The average molecular weight is 243 g/mol. The number of carbonyl (C=O) groups excluding carboxylic acids is 1. The van der Waals surface area contributed by atoms with E-state index in [1.807, 2.05) is 0 Å². The van der Waals surface area contributed by atoms with Gasteiger partial charge < -0.3 is 4.90 Å². The van der Waals surface area contributed by atoms with Gasteiger partial charge in [-0.3, -0.25) is 4.79 Å². The molecule has 1 heterocycles. The Hall–Kier alpha value is -0.180. The molecule has 1 aliphatic carbocycles. The van der Waals surface area contributed by atoms with Crippen LogP contribution in [-0.2, 0) is 4.79 Å². The van der Waals surface area contributed by atoms with Crippen molar-refractivity contribution in [1.82, 2.24) is 4.90 Å². The Morgan fingerprint density at radius 2 is 1.88 bits per heavy atom. The molecular weight excluding hydrogens is 218 g/mol. The third-order valence-electron chi connectivity index (χ3n) is 4.45. The van der Waals surface area contributed by atoms with Gasteiger partial charge >= 0.3 is 0 Å². The fourth-order valence-electron chi connectivity index (χ4n) is 2.65. The Kier molecular flexibility index (Phi) is 3.68. The minimum atomic E-state index is 0. The number of carbonyl (C=O) groups is 1. The topological polar surface area (TPSA) is 20.3 Å². The van der Waals surface area contributed by atoms with Crippen LogP contribution >= 0.6 is 13.5 Å². The molecule has 2 aliphatic rings. The molecule has 0 aromatic heterocycles. The number of hydrogen-bond acceptors (Lipinski definition) is 1. The van der Waals surface area contributed by atoms with Gasteiger partial charge in [-0.05, 0) is 38.0 Å². The Labute approximate surface area is 106 Å². The Balaban J connectivity index is 0.00000128. The van der Waals surface area contributed by atoms with Gasteiger partial charge in [-0.2, -0.15) is 13.5 Å². The second-order valence-corrected chi connectivity index (χ2v) is 6.39. The van der Waals surface area contributed by atoms with Crippen LogP contribution in [0, 0.1) is 11.3 Å². The van der Waals surface area contributed by atoms with Gasteiger partial charge in [-0.25, -0.2) is 0 Å². The van der Waals surface area contributed by atoms with Crippen LogP contribution in [0.5, 0.6) is 0 Å². The Bertz CT molecular complexity index is 280. The number of amides is 1. The summed E-state index contributed by atoms with van der Waals surface area (Å²) in [5.74, 6) is 0.787. The summed E-state index contributed by atoms with van der Waals surface area (Å²) in [5.41, 5.74) is 0.265. The molecule has 3 heteroatoms. The number of nitrogens with zero attached hydrogens (tertiary/aromatic N) is 1. The summed E-state index contributed by atoms with van der Waals surface area (Å²) in [6.07, 6.45) is 4.58. The van der Waals surface area contributed by atoms with Gasteiger partial charge in [0, 0.05) is 18.0 Å². The monoisotopic (exact) mass is 243 g/mol. The number of hydrogen-bond donors (Lipinski definition) is 0. The van der Waals surface area contributed by atoms with E-state index in [2.05, 4.69) is 32.6 Å². The molecule has 0 unspecified atom stereocenters. The molecule has 0 bridgehead atoms. The average Bonchev–Trinajstić information content (AvgIpc) is 2.87. The Morgan fingerprint density at radius 3 is 2.31 bits per heavy atom. The van der Waals surface area contributed by atoms with Gasteiger partial charge in [-0.15, -0.1) is 0 Å². The smallest absolute Gasteiger partial charge is 0.226 e. The normalized spacial score (nSPS) is 30.1. The highest BCUT2D eigenvalue weighted by molar-refractivity contribution is 7.59. The van der Waals surface area contributed by atoms with E-state index in [1.54, 1.807) is 0 Å². The lowest BCUT2D eigenvalue weighted by molar-refractivity contribution is -0.140. The molecule has 1 amide bonds. The fourth-order valence-corrected chi connectivity index (χ4v) is 2.65. The van der Waals surface area contributed by atoms with Crippen molar-refractivity contribution in [1.29, 1.82) is 0 Å². The van der Waals surface area contributed by atoms with Gasteiger partial charge in [0.05, 0.1) is 0 Å². The lowest BCUT2D eigenvalue weighted by atomic mass is 9.73. The molecule has 0 aromatic carbocycles. The molecule has 0 N–H and O–H groups in total. The molecule has 1 atom stereocenters. The quantitative estimate of drug-likeness (QED) is 0.693. The fraction of sp³-hybridized carbons (Fsp3) is 0.923. The third-order valence-corrected chi connectivity index (χ3v) is 4.45. The van der Waals surface area contributed by atoms with Crippen LogP contribution < -0.4 is 0 Å². The van der Waals surface area contributed by atoms with E-state index in [0.29, 0.717) is 11.8 Å². The highest BCUT2D eigenvalue weighted by Crippen LogP contribution is 2.45. The maximum Gasteiger partial charge on any atom is 0.226 e. The SMILES string of the molecule is CC(C)(C)[C@@]1(C)CCCN1C(=O)C1CC1.S. The zero-order valence-electron chi connectivity index (χ0n) is 11.0. The van der Waals surface area contributed by atoms with Crippen LogP contribution in [0.1, 0.15) is 53.4 Å². The van der Waals surface area contributed by atoms with Gasteiger partial charge in [0.25, 0.3) is 0 Å². The molecule has 0 aromatic rings. The predicted octanol–water partition coefficient (Wildman–Crippen LogP) is 2.94. The third kappa shape index (κ3) is 2.11. The summed E-state index contributed by atoms with van der Waals surface area (Å²) in [6, 6.07) is 0. The first kappa shape index (κ1) is 13.9. The van der Waals surface area contributed by atoms with Crippen molar-refractivity contribution in [3.05, 3.63) is 0 Å². The number of rotatable bonds is 1. The molecule has 1 aliphatic heterocycles. The summed E-state index contributed by atoms with van der Waals surface area (Å²) in [6.45, 7) is 10.0. The predicted molar refractivity (Wildman–Crippen MR) is 71.9 cm³/mol. The molecule has 1 saturated heterocycles. The first-order chi connectivity index (χ1) is 6.86. The molecule has 2 rings (SSSR count). The van der Waals surface area contributed by atoms with Crippen molar-refractivity contribution in [2.75, 3.05) is 6.54 Å². The highest BCUT2D eigenvalue weighted by atomic mass is 32.1. The lowest BCUT2D eigenvalue weighted by Crippen LogP contribution is -2.53. The standard InChI is InChI=1S/C13H23NO.H2S/c1-12(2,3)13(4)8-5-9-14(13)11(15)10-6-7-10;/h10H,5-9H2,1-4H3;1H2/t13-;/m1./s1. The van der Waals surface area contributed by atoms with Crippen molar-refractivity contribution in [3.63, 3.8) is 0 Å². The molecular formula is C13H25NOS. The summed E-state index contributed by atoms with van der Waals surface area (Å²) in [4.78, 5) is 14.4. The molecule has 1 saturated carbocycles. The summed E-state index contributed by atoms with van der Waals surface area (Å²) in [7, 11) is 0. The summed E-state index contributed by atoms with van der Waals surface area (Å²) in [5, 5.41) is 0. The molecule has 0 radical (unpaired) electrons. The van der Waals surface area contributed by atoms with Crippen molar-refractivity contribution in [2.24, 2.45) is 11.3 Å². The summed E-state index contributed by atoms with van der Waals surface area (Å²) < 4.78 is 0. The van der Waals surface area contributed by atoms with E-state index >= 15 is 0 Å². The summed E-state index contributed by atoms with van der Waals surface area (Å²) >= 11 is 0. The zero-order chi connectivity index (χ0) is 11.3. The highest BCUT2D eigenvalue weighted by Gasteiger charge is 2.50. The van der Waals surface area contributed by atoms with Crippen molar-refractivity contribution >= 4 is 19.4 Å². The largest absolute Gasteiger partial charge is 0.337 e. The van der Waals surface area contributed by atoms with Crippen molar-refractivity contribution < 1.29 is 4.79 Å². The van der Waals surface area contributed by atoms with Crippen LogP contribution in [0.2, 0.25) is 0 Å². The first-order valence-electron chi connectivity index (χ1n) is 6.18. The second-order valence-electron chi connectivity index (χ2n) is 6.39. The van der Waals surface area contributed by atoms with Gasteiger partial charge in [0.15, 0.2) is 0 Å². The minimum Gasteiger partial charge on any atom is -0.337 e. The Morgan fingerprint density at radius 1 is 1.31 bits per heavy atom. The number of likely N-dealkylation sites (tertiary alicyclic amines) is 1. The first-order valence-corrected chi connectivity index (χ1v) is 6.18. The molecule has 16 heavy (non-hydrogen) atoms. The second kappa shape index (κ2) is 4.25. The zero-order valence-corrected chi connectivity index (χ0v) is 12.0. The van der Waals surface area contributed by atoms with E-state index in [1.165, 1.54) is 6.42 Å². The van der Waals surface area contributed by atoms with E-state index in [-0.39, 0.29) is 24.4 Å². The van der Waals surface area contributed by atoms with Crippen LogP contribution in [0.15, 0.2) is 0 Å². The molecule has 2 nitrogen and oxygen atoms in total. The van der Waals surface area contributed by atoms with E-state index < -0.39 is 0 Å². The van der Waals surface area contributed by atoms with Gasteiger partial charge in [0.2, 0.25) is 5.91 Å². The maximum absolute atomic E-state index is 12.2. The molecule has 0 spiro atoms. The van der Waals surface area contributed by atoms with Crippen molar-refractivity contribution in [2.45, 2.75) is 58.9 Å². The molecule has 94 valence electrons. The minimum absolute atomic E-state index is 0. The van der Waals surface area contributed by atoms with Crippen LogP contribution in [0.4, 0.5) is 0 Å². The van der Waals surface area contributed by atoms with Crippen LogP contribution in [0.3, 0.4) is 0 Å². The van der Waals surface area contributed by atoms with E-state index in [9.17, 15) is 4.79 Å². The maximum atomic E-state index is 12.2. The van der Waals surface area contributed by atoms with Crippen LogP contribution in [0.25, 0.3) is 0 Å². The van der Waals surface area contributed by atoms with E-state index in [4.69, 9.17) is 0 Å². The van der Waals surface area contributed by atoms with Crippen LogP contribution in [-0.4, -0.2) is 22.9 Å².